The zero-order valence-corrected chi connectivity index (χ0v) is 9.81. The predicted molar refractivity (Wildman–Crippen MR) is 64.1 cm³/mol. The number of nitrogens with one attached hydrogen (secondary N) is 1. The lowest BCUT2D eigenvalue weighted by molar-refractivity contribution is 0.102. The fraction of sp³-hybridized carbons (Fsp3) is 0. The molecule has 16 heavy (non-hydrogen) atoms. The van der Waals surface area contributed by atoms with Crippen LogP contribution in [-0.2, 0) is 0 Å². The van der Waals surface area contributed by atoms with Gasteiger partial charge in [0.15, 0.2) is 0 Å². The summed E-state index contributed by atoms with van der Waals surface area (Å²) < 4.78 is 0.865. The number of carbonyl (C=O) groups is 1. The average molecular weight is 278 g/mol. The van der Waals surface area contributed by atoms with Gasteiger partial charge in [0.25, 0.3) is 5.91 Å². The SMILES string of the molecule is O=C(Nc1cc(Br)ccn1)c1cccnc1. The molecule has 1 amide bonds. The third-order valence-corrected chi connectivity index (χ3v) is 2.38. The number of hydrogen-bond acceptors (Lipinski definition) is 3. The normalized spacial score (nSPS) is 9.81. The van der Waals surface area contributed by atoms with Crippen LogP contribution in [0, 0.1) is 0 Å². The maximum absolute atomic E-state index is 11.7. The van der Waals surface area contributed by atoms with Gasteiger partial charge < -0.3 is 5.32 Å². The van der Waals surface area contributed by atoms with Crippen LogP contribution in [0.1, 0.15) is 10.4 Å². The molecule has 0 aliphatic carbocycles. The van der Waals surface area contributed by atoms with Crippen molar-refractivity contribution in [2.75, 3.05) is 5.32 Å². The van der Waals surface area contributed by atoms with E-state index < -0.39 is 0 Å². The van der Waals surface area contributed by atoms with Crippen LogP contribution in [0.3, 0.4) is 0 Å². The molecular formula is C11H8BrN3O. The Morgan fingerprint density at radius 2 is 2.19 bits per heavy atom. The van der Waals surface area contributed by atoms with E-state index in [2.05, 4.69) is 31.2 Å². The van der Waals surface area contributed by atoms with E-state index in [9.17, 15) is 4.79 Å². The summed E-state index contributed by atoms with van der Waals surface area (Å²) in [5, 5.41) is 2.68. The quantitative estimate of drug-likeness (QED) is 0.918. The summed E-state index contributed by atoms with van der Waals surface area (Å²) in [6.07, 6.45) is 4.74. The first kappa shape index (κ1) is 10.8. The first-order valence-corrected chi connectivity index (χ1v) is 5.38. The Balaban J connectivity index is 2.14. The van der Waals surface area contributed by atoms with Crippen LogP contribution in [0.25, 0.3) is 0 Å². The number of pyridine rings is 2. The van der Waals surface area contributed by atoms with Crippen molar-refractivity contribution in [2.24, 2.45) is 0 Å². The van der Waals surface area contributed by atoms with Crippen LogP contribution < -0.4 is 5.32 Å². The van der Waals surface area contributed by atoms with Crippen LogP contribution >= 0.6 is 15.9 Å². The Morgan fingerprint density at radius 3 is 2.88 bits per heavy atom. The van der Waals surface area contributed by atoms with Crippen molar-refractivity contribution in [3.8, 4) is 0 Å². The lowest BCUT2D eigenvalue weighted by Gasteiger charge is -2.03. The summed E-state index contributed by atoms with van der Waals surface area (Å²) >= 11 is 3.30. The van der Waals surface area contributed by atoms with Crippen LogP contribution in [0.15, 0.2) is 47.3 Å². The standard InChI is InChI=1S/C11H8BrN3O/c12-9-3-5-14-10(6-9)15-11(16)8-2-1-4-13-7-8/h1-7H,(H,14,15,16). The van der Waals surface area contributed by atoms with Crippen LogP contribution in [-0.4, -0.2) is 15.9 Å². The molecule has 0 saturated carbocycles. The van der Waals surface area contributed by atoms with Crippen LogP contribution in [0.5, 0.6) is 0 Å². The number of anilines is 1. The molecule has 0 aliphatic heterocycles. The summed E-state index contributed by atoms with van der Waals surface area (Å²) in [6.45, 7) is 0. The van der Waals surface area contributed by atoms with Gasteiger partial charge in [-0.1, -0.05) is 15.9 Å². The van der Waals surface area contributed by atoms with Gasteiger partial charge in [0.1, 0.15) is 5.82 Å². The molecule has 2 rings (SSSR count). The largest absolute Gasteiger partial charge is 0.306 e. The van der Waals surface area contributed by atoms with Gasteiger partial charge in [-0.25, -0.2) is 4.98 Å². The van der Waals surface area contributed by atoms with E-state index in [-0.39, 0.29) is 5.91 Å². The average Bonchev–Trinajstić information content (AvgIpc) is 2.30. The van der Waals surface area contributed by atoms with Gasteiger partial charge in [-0.2, -0.15) is 0 Å². The highest BCUT2D eigenvalue weighted by Gasteiger charge is 2.06. The first-order chi connectivity index (χ1) is 7.75. The van der Waals surface area contributed by atoms with Crippen molar-refractivity contribution < 1.29 is 4.79 Å². The Kier molecular flexibility index (Phi) is 3.26. The summed E-state index contributed by atoms with van der Waals surface area (Å²) in [6, 6.07) is 6.93. The van der Waals surface area contributed by atoms with E-state index >= 15 is 0 Å². The highest BCUT2D eigenvalue weighted by molar-refractivity contribution is 9.10. The zero-order chi connectivity index (χ0) is 11.4. The third-order valence-electron chi connectivity index (χ3n) is 1.89. The minimum atomic E-state index is -0.223. The second-order valence-corrected chi connectivity index (χ2v) is 3.97. The Morgan fingerprint density at radius 1 is 1.31 bits per heavy atom. The molecule has 5 heteroatoms. The van der Waals surface area contributed by atoms with Gasteiger partial charge in [0, 0.05) is 23.1 Å². The molecule has 0 saturated heterocycles. The predicted octanol–water partition coefficient (Wildman–Crippen LogP) is 2.49. The molecule has 0 fully saturated rings. The highest BCUT2D eigenvalue weighted by atomic mass is 79.9. The fourth-order valence-corrected chi connectivity index (χ4v) is 1.49. The number of halogens is 1. The number of rotatable bonds is 2. The molecule has 1 N–H and O–H groups in total. The summed E-state index contributed by atoms with van der Waals surface area (Å²) in [7, 11) is 0. The topological polar surface area (TPSA) is 54.9 Å². The monoisotopic (exact) mass is 277 g/mol. The van der Waals surface area contributed by atoms with Crippen molar-refractivity contribution in [3.63, 3.8) is 0 Å². The Hall–Kier alpha value is -1.75. The summed E-state index contributed by atoms with van der Waals surface area (Å²) in [4.78, 5) is 19.6. The molecule has 2 aromatic heterocycles. The molecule has 0 aliphatic rings. The van der Waals surface area contributed by atoms with Crippen molar-refractivity contribution in [2.45, 2.75) is 0 Å². The summed E-state index contributed by atoms with van der Waals surface area (Å²) in [5.41, 5.74) is 0.504. The Bertz CT molecular complexity index is 502. The van der Waals surface area contributed by atoms with Gasteiger partial charge in [-0.15, -0.1) is 0 Å². The zero-order valence-electron chi connectivity index (χ0n) is 8.22. The lowest BCUT2D eigenvalue weighted by atomic mass is 10.3. The number of carbonyl (C=O) groups excluding carboxylic acids is 1. The molecule has 0 bridgehead atoms. The van der Waals surface area contributed by atoms with Gasteiger partial charge >= 0.3 is 0 Å². The second-order valence-electron chi connectivity index (χ2n) is 3.06. The molecule has 2 heterocycles. The molecule has 0 unspecified atom stereocenters. The van der Waals surface area contributed by atoms with E-state index in [0.717, 1.165) is 4.47 Å². The molecular weight excluding hydrogens is 270 g/mol. The first-order valence-electron chi connectivity index (χ1n) is 4.58. The van der Waals surface area contributed by atoms with E-state index in [4.69, 9.17) is 0 Å². The molecule has 2 aromatic rings. The lowest BCUT2D eigenvalue weighted by Crippen LogP contribution is -2.12. The second kappa shape index (κ2) is 4.85. The fourth-order valence-electron chi connectivity index (χ4n) is 1.16. The number of hydrogen-bond donors (Lipinski definition) is 1. The van der Waals surface area contributed by atoms with Crippen molar-refractivity contribution >= 4 is 27.7 Å². The van der Waals surface area contributed by atoms with Gasteiger partial charge in [0.05, 0.1) is 5.56 Å². The molecule has 0 radical (unpaired) electrons. The van der Waals surface area contributed by atoms with E-state index in [1.165, 1.54) is 6.20 Å². The van der Waals surface area contributed by atoms with Crippen LogP contribution in [0.4, 0.5) is 5.82 Å². The van der Waals surface area contributed by atoms with Crippen LogP contribution in [0.2, 0.25) is 0 Å². The van der Waals surface area contributed by atoms with Gasteiger partial charge in [0.2, 0.25) is 0 Å². The van der Waals surface area contributed by atoms with E-state index in [0.29, 0.717) is 11.4 Å². The van der Waals surface area contributed by atoms with E-state index in [1.807, 2.05) is 0 Å². The minimum absolute atomic E-state index is 0.223. The summed E-state index contributed by atoms with van der Waals surface area (Å²) in [5.74, 6) is 0.280. The molecule has 0 atom stereocenters. The smallest absolute Gasteiger partial charge is 0.258 e. The maximum Gasteiger partial charge on any atom is 0.258 e. The highest BCUT2D eigenvalue weighted by Crippen LogP contribution is 2.13. The molecule has 0 aromatic carbocycles. The van der Waals surface area contributed by atoms with E-state index in [1.54, 1.807) is 36.7 Å². The third kappa shape index (κ3) is 2.64. The Labute approximate surface area is 101 Å². The number of aromatic nitrogens is 2. The maximum atomic E-state index is 11.7. The van der Waals surface area contributed by atoms with Gasteiger partial charge in [-0.3, -0.25) is 9.78 Å². The van der Waals surface area contributed by atoms with Crippen molar-refractivity contribution in [3.05, 3.63) is 52.9 Å². The molecule has 80 valence electrons. The molecule has 4 nitrogen and oxygen atoms in total. The molecule has 0 spiro atoms. The van der Waals surface area contributed by atoms with Crippen molar-refractivity contribution in [1.29, 1.82) is 0 Å². The van der Waals surface area contributed by atoms with Gasteiger partial charge in [-0.05, 0) is 24.3 Å². The number of nitrogens with zero attached hydrogens (tertiary/aromatic N) is 2. The minimum Gasteiger partial charge on any atom is -0.306 e. The number of amides is 1. The van der Waals surface area contributed by atoms with Crippen molar-refractivity contribution in [1.82, 2.24) is 9.97 Å².